The Morgan fingerprint density at radius 3 is 2.95 bits per heavy atom. The van der Waals surface area contributed by atoms with Gasteiger partial charge >= 0.3 is 0 Å². The quantitative estimate of drug-likeness (QED) is 0.867. The summed E-state index contributed by atoms with van der Waals surface area (Å²) in [5, 5.41) is 12.1. The number of nitriles is 1. The van der Waals surface area contributed by atoms with Gasteiger partial charge in [-0.2, -0.15) is 5.26 Å². The van der Waals surface area contributed by atoms with Gasteiger partial charge in [0, 0.05) is 12.4 Å². The standard InChI is InChI=1S/C13H13N5O/c1-8(10-4-3-5-15-7-10)16-12-11(6-14)13(19)18-9(2)17-12/h3-5,7-8H,1-2H3,(H2,16,17,18,19). The highest BCUT2D eigenvalue weighted by Gasteiger charge is 2.13. The van der Waals surface area contributed by atoms with Crippen molar-refractivity contribution in [3.63, 3.8) is 0 Å². The smallest absolute Gasteiger partial charge is 0.271 e. The lowest BCUT2D eigenvalue weighted by Crippen LogP contribution is -2.19. The van der Waals surface area contributed by atoms with E-state index < -0.39 is 5.56 Å². The molecule has 0 saturated heterocycles. The first-order chi connectivity index (χ1) is 9.11. The first kappa shape index (κ1) is 12.8. The van der Waals surface area contributed by atoms with Gasteiger partial charge in [0.05, 0.1) is 6.04 Å². The van der Waals surface area contributed by atoms with Crippen molar-refractivity contribution in [2.45, 2.75) is 19.9 Å². The Hall–Kier alpha value is -2.68. The summed E-state index contributed by atoms with van der Waals surface area (Å²) in [5.41, 5.74) is 0.503. The summed E-state index contributed by atoms with van der Waals surface area (Å²) in [4.78, 5) is 22.3. The van der Waals surface area contributed by atoms with Crippen LogP contribution in [0.1, 0.15) is 29.9 Å². The molecule has 2 aromatic rings. The van der Waals surface area contributed by atoms with E-state index >= 15 is 0 Å². The number of pyridine rings is 1. The number of anilines is 1. The van der Waals surface area contributed by atoms with Gasteiger partial charge in [-0.25, -0.2) is 4.98 Å². The van der Waals surface area contributed by atoms with Gasteiger partial charge in [-0.05, 0) is 25.5 Å². The molecule has 0 aliphatic heterocycles. The van der Waals surface area contributed by atoms with Gasteiger partial charge in [0.1, 0.15) is 11.9 Å². The van der Waals surface area contributed by atoms with Crippen LogP contribution >= 0.6 is 0 Å². The summed E-state index contributed by atoms with van der Waals surface area (Å²) in [6.07, 6.45) is 3.41. The van der Waals surface area contributed by atoms with E-state index in [2.05, 4.69) is 20.3 Å². The van der Waals surface area contributed by atoms with Gasteiger partial charge in [-0.15, -0.1) is 0 Å². The second-order valence-electron chi connectivity index (χ2n) is 4.14. The third-order valence-electron chi connectivity index (χ3n) is 2.69. The number of nitrogens with one attached hydrogen (secondary N) is 2. The second kappa shape index (κ2) is 5.31. The maximum absolute atomic E-state index is 11.6. The minimum absolute atomic E-state index is 0.0126. The molecule has 0 amide bonds. The molecule has 1 unspecified atom stereocenters. The SMILES string of the molecule is Cc1nc(NC(C)c2cccnc2)c(C#N)c(=O)[nH]1. The minimum Gasteiger partial charge on any atom is -0.362 e. The van der Waals surface area contributed by atoms with Crippen LogP contribution in [0.4, 0.5) is 5.82 Å². The number of aromatic nitrogens is 3. The maximum atomic E-state index is 11.6. The molecule has 0 radical (unpaired) electrons. The van der Waals surface area contributed by atoms with Crippen LogP contribution in [0, 0.1) is 18.3 Å². The lowest BCUT2D eigenvalue weighted by atomic mass is 10.1. The Bertz CT molecular complexity index is 672. The van der Waals surface area contributed by atoms with Crippen molar-refractivity contribution in [1.29, 1.82) is 5.26 Å². The predicted octanol–water partition coefficient (Wildman–Crippen LogP) is 1.52. The molecule has 0 fully saturated rings. The van der Waals surface area contributed by atoms with Crippen LogP contribution in [-0.2, 0) is 0 Å². The van der Waals surface area contributed by atoms with Gasteiger partial charge in [0.25, 0.3) is 5.56 Å². The minimum atomic E-state index is -0.434. The Morgan fingerprint density at radius 2 is 2.32 bits per heavy atom. The molecule has 2 N–H and O–H groups in total. The van der Waals surface area contributed by atoms with Gasteiger partial charge in [0.2, 0.25) is 0 Å². The summed E-state index contributed by atoms with van der Waals surface area (Å²) in [5.74, 6) is 0.755. The monoisotopic (exact) mass is 255 g/mol. The molecule has 2 heterocycles. The summed E-state index contributed by atoms with van der Waals surface area (Å²) < 4.78 is 0. The molecule has 96 valence electrons. The Kier molecular flexibility index (Phi) is 3.57. The average Bonchev–Trinajstić information content (AvgIpc) is 2.39. The highest BCUT2D eigenvalue weighted by molar-refractivity contribution is 5.51. The molecule has 6 nitrogen and oxygen atoms in total. The van der Waals surface area contributed by atoms with Crippen LogP contribution in [0.25, 0.3) is 0 Å². The zero-order chi connectivity index (χ0) is 13.8. The topological polar surface area (TPSA) is 94.5 Å². The predicted molar refractivity (Wildman–Crippen MR) is 70.6 cm³/mol. The van der Waals surface area contributed by atoms with Crippen molar-refractivity contribution in [2.75, 3.05) is 5.32 Å². The first-order valence-corrected chi connectivity index (χ1v) is 5.79. The fraction of sp³-hybridized carbons (Fsp3) is 0.231. The number of rotatable bonds is 3. The third-order valence-corrected chi connectivity index (χ3v) is 2.69. The fourth-order valence-electron chi connectivity index (χ4n) is 1.71. The van der Waals surface area contributed by atoms with E-state index in [1.807, 2.05) is 25.1 Å². The van der Waals surface area contributed by atoms with Crippen molar-refractivity contribution >= 4 is 5.82 Å². The van der Waals surface area contributed by atoms with E-state index in [0.29, 0.717) is 11.6 Å². The number of hydrogen-bond acceptors (Lipinski definition) is 5. The molecule has 0 bridgehead atoms. The molecule has 0 spiro atoms. The lowest BCUT2D eigenvalue weighted by molar-refractivity contribution is 0.855. The van der Waals surface area contributed by atoms with E-state index in [1.54, 1.807) is 19.3 Å². The highest BCUT2D eigenvalue weighted by Crippen LogP contribution is 2.17. The summed E-state index contributed by atoms with van der Waals surface area (Å²) >= 11 is 0. The van der Waals surface area contributed by atoms with Gasteiger partial charge < -0.3 is 10.3 Å². The molecule has 1 atom stereocenters. The van der Waals surface area contributed by atoms with E-state index in [0.717, 1.165) is 5.56 Å². The Labute approximate surface area is 110 Å². The second-order valence-corrected chi connectivity index (χ2v) is 4.14. The zero-order valence-electron chi connectivity index (χ0n) is 10.6. The molecule has 19 heavy (non-hydrogen) atoms. The molecule has 0 aliphatic rings. The van der Waals surface area contributed by atoms with Gasteiger partial charge in [-0.1, -0.05) is 6.07 Å². The van der Waals surface area contributed by atoms with E-state index in [1.165, 1.54) is 0 Å². The maximum Gasteiger partial charge on any atom is 0.271 e. The fourth-order valence-corrected chi connectivity index (χ4v) is 1.71. The Morgan fingerprint density at radius 1 is 1.53 bits per heavy atom. The van der Waals surface area contributed by atoms with Crippen molar-refractivity contribution in [2.24, 2.45) is 0 Å². The number of H-pyrrole nitrogens is 1. The molecule has 2 rings (SSSR count). The molecular formula is C13H13N5O. The lowest BCUT2D eigenvalue weighted by Gasteiger charge is -2.15. The normalized spacial score (nSPS) is 11.6. The number of nitrogens with zero attached hydrogens (tertiary/aromatic N) is 3. The van der Waals surface area contributed by atoms with Crippen LogP contribution in [0.5, 0.6) is 0 Å². The average molecular weight is 255 g/mol. The molecule has 2 aromatic heterocycles. The van der Waals surface area contributed by atoms with Crippen molar-refractivity contribution < 1.29 is 0 Å². The zero-order valence-corrected chi connectivity index (χ0v) is 10.6. The van der Waals surface area contributed by atoms with E-state index in [9.17, 15) is 4.79 Å². The number of aryl methyl sites for hydroxylation is 1. The van der Waals surface area contributed by atoms with Crippen LogP contribution in [0.2, 0.25) is 0 Å². The third kappa shape index (κ3) is 2.77. The molecule has 0 aliphatic carbocycles. The van der Waals surface area contributed by atoms with Gasteiger partial charge in [-0.3, -0.25) is 9.78 Å². The summed E-state index contributed by atoms with van der Waals surface area (Å²) in [6, 6.07) is 5.50. The largest absolute Gasteiger partial charge is 0.362 e. The summed E-state index contributed by atoms with van der Waals surface area (Å²) in [7, 11) is 0. The van der Waals surface area contributed by atoms with Gasteiger partial charge in [0.15, 0.2) is 11.4 Å². The van der Waals surface area contributed by atoms with Crippen LogP contribution in [0.3, 0.4) is 0 Å². The van der Waals surface area contributed by atoms with Crippen molar-refractivity contribution in [3.05, 3.63) is 51.8 Å². The molecule has 6 heteroatoms. The first-order valence-electron chi connectivity index (χ1n) is 5.79. The highest BCUT2D eigenvalue weighted by atomic mass is 16.1. The van der Waals surface area contributed by atoms with Crippen LogP contribution in [0.15, 0.2) is 29.3 Å². The van der Waals surface area contributed by atoms with Crippen LogP contribution < -0.4 is 10.9 Å². The molecule has 0 saturated carbocycles. The van der Waals surface area contributed by atoms with Crippen molar-refractivity contribution in [1.82, 2.24) is 15.0 Å². The van der Waals surface area contributed by atoms with Crippen LogP contribution in [-0.4, -0.2) is 15.0 Å². The molecular weight excluding hydrogens is 242 g/mol. The summed E-state index contributed by atoms with van der Waals surface area (Å²) in [6.45, 7) is 3.58. The van der Waals surface area contributed by atoms with E-state index in [4.69, 9.17) is 5.26 Å². The number of hydrogen-bond donors (Lipinski definition) is 2. The van der Waals surface area contributed by atoms with Crippen molar-refractivity contribution in [3.8, 4) is 6.07 Å². The number of aromatic amines is 1. The Balaban J connectivity index is 2.34. The van der Waals surface area contributed by atoms with E-state index in [-0.39, 0.29) is 11.6 Å². The molecule has 0 aromatic carbocycles.